The number of aromatic nitrogens is 2. The van der Waals surface area contributed by atoms with Crippen LogP contribution in [-0.4, -0.2) is 35.9 Å². The van der Waals surface area contributed by atoms with Crippen molar-refractivity contribution >= 4 is 51.7 Å². The first-order valence-corrected chi connectivity index (χ1v) is 12.6. The smallest absolute Gasteiger partial charge is 0.268 e. The monoisotopic (exact) mass is 546 g/mol. The number of nitrogens with zero attached hydrogens (tertiary/aromatic N) is 3. The number of rotatable bonds is 11. The van der Waals surface area contributed by atoms with E-state index < -0.39 is 5.91 Å². The molecule has 2 aromatic carbocycles. The molecule has 1 heterocycles. The molecule has 3 aromatic rings. The van der Waals surface area contributed by atoms with Gasteiger partial charge >= 0.3 is 0 Å². The van der Waals surface area contributed by atoms with Gasteiger partial charge in [-0.25, -0.2) is 0 Å². The summed E-state index contributed by atoms with van der Waals surface area (Å²) in [4.78, 5) is 12.6. The number of anilines is 1. The Kier molecular flexibility index (Phi) is 9.94. The zero-order valence-corrected chi connectivity index (χ0v) is 22.3. The van der Waals surface area contributed by atoms with E-state index in [2.05, 4.69) is 15.5 Å². The van der Waals surface area contributed by atoms with Gasteiger partial charge in [0.25, 0.3) is 5.91 Å². The van der Waals surface area contributed by atoms with Gasteiger partial charge in [0, 0.05) is 5.02 Å². The second kappa shape index (κ2) is 13.1. The normalized spacial score (nSPS) is 11.1. The minimum absolute atomic E-state index is 0.123. The number of carbonyl (C=O) groups excluding carboxylic acids is 1. The third-order valence-corrected chi connectivity index (χ3v) is 6.41. The molecule has 0 aliphatic rings. The van der Waals surface area contributed by atoms with Crippen molar-refractivity contribution in [1.29, 1.82) is 5.26 Å². The van der Waals surface area contributed by atoms with Crippen LogP contribution in [0.25, 0.3) is 6.08 Å². The molecule has 0 unspecified atom stereocenters. The summed E-state index contributed by atoms with van der Waals surface area (Å²) in [6, 6.07) is 10.6. The van der Waals surface area contributed by atoms with Crippen LogP contribution in [0, 0.1) is 18.3 Å². The van der Waals surface area contributed by atoms with E-state index in [1.165, 1.54) is 17.4 Å². The molecule has 0 saturated carbocycles. The van der Waals surface area contributed by atoms with Crippen LogP contribution in [-0.2, 0) is 11.2 Å². The summed E-state index contributed by atoms with van der Waals surface area (Å²) in [6.07, 6.45) is 2.12. The van der Waals surface area contributed by atoms with Crippen LogP contribution >= 0.6 is 34.5 Å². The van der Waals surface area contributed by atoms with Crippen LogP contribution in [0.2, 0.25) is 10.0 Å². The largest absolute Gasteiger partial charge is 0.490 e. The number of benzene rings is 2. The van der Waals surface area contributed by atoms with Crippen molar-refractivity contribution in [3.05, 3.63) is 62.1 Å². The third-order valence-electron chi connectivity index (χ3n) is 4.73. The molecule has 36 heavy (non-hydrogen) atoms. The predicted molar refractivity (Wildman–Crippen MR) is 141 cm³/mol. The Labute approximate surface area is 223 Å². The van der Waals surface area contributed by atoms with Gasteiger partial charge in [-0.1, -0.05) is 41.5 Å². The second-order valence-electron chi connectivity index (χ2n) is 7.35. The molecule has 1 aromatic heterocycles. The number of aryl methyl sites for hydroxylation is 2. The summed E-state index contributed by atoms with van der Waals surface area (Å²) in [5.41, 5.74) is 1.30. The number of hydrogen-bond donors (Lipinski definition) is 1. The number of nitriles is 1. The Balaban J connectivity index is 1.71. The lowest BCUT2D eigenvalue weighted by Gasteiger charge is -2.15. The van der Waals surface area contributed by atoms with Crippen molar-refractivity contribution in [3.63, 3.8) is 0 Å². The van der Waals surface area contributed by atoms with Crippen molar-refractivity contribution in [3.8, 4) is 23.3 Å². The minimum Gasteiger partial charge on any atom is -0.490 e. The van der Waals surface area contributed by atoms with Crippen molar-refractivity contribution in [1.82, 2.24) is 10.2 Å². The lowest BCUT2D eigenvalue weighted by molar-refractivity contribution is -0.112. The van der Waals surface area contributed by atoms with E-state index in [0.717, 1.165) is 10.6 Å². The molecule has 0 radical (unpaired) electrons. The molecule has 0 spiro atoms. The zero-order valence-electron chi connectivity index (χ0n) is 19.9. The van der Waals surface area contributed by atoms with E-state index in [9.17, 15) is 10.1 Å². The maximum absolute atomic E-state index is 12.6. The SMILES string of the molecule is CCOc1cc(/C=C(/C#N)C(=O)Nc2nnc(CC)s2)cc(Cl)c1OCCOc1ccc(Cl)c(C)c1. The Bertz CT molecular complexity index is 1300. The molecular weight excluding hydrogens is 523 g/mol. The standard InChI is InChI=1S/C25H24Cl2N4O4S/c1-4-22-30-31-25(36-22)29-24(32)17(14-28)11-16-12-20(27)23(21(13-16)33-5-2)35-9-8-34-18-6-7-19(26)15(3)10-18/h6-7,10-13H,4-5,8-9H2,1-3H3,(H,29,31,32)/b17-11-. The van der Waals surface area contributed by atoms with Crippen molar-refractivity contribution in [2.45, 2.75) is 27.2 Å². The van der Waals surface area contributed by atoms with Gasteiger partial charge in [-0.15, -0.1) is 10.2 Å². The Hall–Kier alpha value is -3.32. The quantitative estimate of drug-likeness (QED) is 0.175. The molecule has 0 fully saturated rings. The highest BCUT2D eigenvalue weighted by Crippen LogP contribution is 2.37. The fraction of sp³-hybridized carbons (Fsp3) is 0.280. The van der Waals surface area contributed by atoms with Gasteiger partial charge in [0.15, 0.2) is 11.5 Å². The maximum atomic E-state index is 12.6. The van der Waals surface area contributed by atoms with Crippen LogP contribution in [0.3, 0.4) is 0 Å². The van der Waals surface area contributed by atoms with Gasteiger partial charge in [-0.05, 0) is 67.8 Å². The van der Waals surface area contributed by atoms with E-state index in [1.807, 2.05) is 32.9 Å². The average Bonchev–Trinajstić information content (AvgIpc) is 3.31. The molecule has 0 atom stereocenters. The van der Waals surface area contributed by atoms with Gasteiger partial charge < -0.3 is 14.2 Å². The van der Waals surface area contributed by atoms with Gasteiger partial charge in [0.2, 0.25) is 5.13 Å². The fourth-order valence-electron chi connectivity index (χ4n) is 3.01. The number of halogens is 2. The van der Waals surface area contributed by atoms with Crippen LogP contribution in [0.5, 0.6) is 17.2 Å². The van der Waals surface area contributed by atoms with E-state index in [4.69, 9.17) is 37.4 Å². The van der Waals surface area contributed by atoms with E-state index in [-0.39, 0.29) is 23.8 Å². The number of hydrogen-bond acceptors (Lipinski definition) is 8. The predicted octanol–water partition coefficient (Wildman–Crippen LogP) is 6.12. The first-order valence-electron chi connectivity index (χ1n) is 11.1. The number of nitrogens with one attached hydrogen (secondary N) is 1. The summed E-state index contributed by atoms with van der Waals surface area (Å²) in [5.74, 6) is 0.808. The third kappa shape index (κ3) is 7.34. The topological polar surface area (TPSA) is 106 Å². The van der Waals surface area contributed by atoms with Crippen LogP contribution in [0.4, 0.5) is 5.13 Å². The maximum Gasteiger partial charge on any atom is 0.268 e. The van der Waals surface area contributed by atoms with Gasteiger partial charge in [-0.3, -0.25) is 10.1 Å². The van der Waals surface area contributed by atoms with E-state index >= 15 is 0 Å². The highest BCUT2D eigenvalue weighted by Gasteiger charge is 2.16. The Morgan fingerprint density at radius 2 is 1.89 bits per heavy atom. The second-order valence-corrected chi connectivity index (χ2v) is 9.23. The fourth-order valence-corrected chi connectivity index (χ4v) is 4.08. The molecule has 8 nitrogen and oxygen atoms in total. The lowest BCUT2D eigenvalue weighted by atomic mass is 10.1. The summed E-state index contributed by atoms with van der Waals surface area (Å²) in [7, 11) is 0. The molecule has 0 aliphatic heterocycles. The lowest BCUT2D eigenvalue weighted by Crippen LogP contribution is -2.13. The molecule has 11 heteroatoms. The van der Waals surface area contributed by atoms with Gasteiger partial charge in [-0.2, -0.15) is 5.26 Å². The number of ether oxygens (including phenoxy) is 3. The first-order chi connectivity index (χ1) is 17.3. The molecule has 0 aliphatic carbocycles. The molecule has 188 valence electrons. The first kappa shape index (κ1) is 27.3. The highest BCUT2D eigenvalue weighted by molar-refractivity contribution is 7.15. The highest BCUT2D eigenvalue weighted by atomic mass is 35.5. The number of amides is 1. The Morgan fingerprint density at radius 1 is 1.11 bits per heavy atom. The molecule has 1 N–H and O–H groups in total. The van der Waals surface area contributed by atoms with Crippen molar-refractivity contribution in [2.24, 2.45) is 0 Å². The van der Waals surface area contributed by atoms with Gasteiger partial charge in [0.05, 0.1) is 11.6 Å². The molecule has 3 rings (SSSR count). The van der Waals surface area contributed by atoms with Crippen molar-refractivity contribution in [2.75, 3.05) is 25.1 Å². The summed E-state index contributed by atoms with van der Waals surface area (Å²) in [6.45, 7) is 6.51. The van der Waals surface area contributed by atoms with Crippen molar-refractivity contribution < 1.29 is 19.0 Å². The minimum atomic E-state index is -0.597. The Morgan fingerprint density at radius 3 is 2.56 bits per heavy atom. The molecule has 1 amide bonds. The number of carbonyl (C=O) groups is 1. The molecule has 0 bridgehead atoms. The molecular formula is C25H24Cl2N4O4S. The summed E-state index contributed by atoms with van der Waals surface area (Å²) >= 11 is 13.8. The zero-order chi connectivity index (χ0) is 26.1. The van der Waals surface area contributed by atoms with E-state index in [0.29, 0.717) is 46.0 Å². The van der Waals surface area contributed by atoms with Crippen LogP contribution in [0.15, 0.2) is 35.9 Å². The summed E-state index contributed by atoms with van der Waals surface area (Å²) in [5, 5.41) is 22.0. The van der Waals surface area contributed by atoms with E-state index in [1.54, 1.807) is 24.3 Å². The van der Waals surface area contributed by atoms with Crippen LogP contribution in [0.1, 0.15) is 30.0 Å². The summed E-state index contributed by atoms with van der Waals surface area (Å²) < 4.78 is 17.2. The molecule has 0 saturated heterocycles. The van der Waals surface area contributed by atoms with Crippen LogP contribution < -0.4 is 19.5 Å². The average molecular weight is 547 g/mol. The van der Waals surface area contributed by atoms with Gasteiger partial charge in [0.1, 0.15) is 35.6 Å².